The molecular formula is C19H14F3N3O2. The molecule has 1 aliphatic rings. The molecule has 8 heteroatoms. The summed E-state index contributed by atoms with van der Waals surface area (Å²) >= 11 is 0. The summed E-state index contributed by atoms with van der Waals surface area (Å²) in [4.78, 5) is 29.3. The van der Waals surface area contributed by atoms with Crippen molar-refractivity contribution in [3.05, 3.63) is 65.6 Å². The van der Waals surface area contributed by atoms with Crippen molar-refractivity contribution in [3.8, 4) is 0 Å². The minimum atomic E-state index is -1.64. The number of H-pyrrole nitrogens is 1. The number of rotatable bonds is 3. The van der Waals surface area contributed by atoms with Gasteiger partial charge in [-0.15, -0.1) is 0 Å². The Hall–Kier alpha value is -3.29. The fourth-order valence-corrected chi connectivity index (χ4v) is 3.09. The normalized spacial score (nSPS) is 14.3. The Balaban J connectivity index is 1.41. The van der Waals surface area contributed by atoms with Gasteiger partial charge in [0.15, 0.2) is 17.5 Å². The fourth-order valence-electron chi connectivity index (χ4n) is 3.09. The third-order valence-electron chi connectivity index (χ3n) is 4.65. The van der Waals surface area contributed by atoms with E-state index in [1.807, 2.05) is 24.3 Å². The van der Waals surface area contributed by atoms with Gasteiger partial charge in [-0.1, -0.05) is 18.2 Å². The van der Waals surface area contributed by atoms with E-state index in [1.165, 1.54) is 4.90 Å². The minimum absolute atomic E-state index is 0.162. The van der Waals surface area contributed by atoms with Crippen LogP contribution in [0.4, 0.5) is 18.9 Å². The smallest absolute Gasteiger partial charge is 0.256 e. The minimum Gasteiger partial charge on any atom is -0.360 e. The number of carbonyl (C=O) groups is 2. The predicted molar refractivity (Wildman–Crippen MR) is 92.6 cm³/mol. The van der Waals surface area contributed by atoms with Gasteiger partial charge in [-0.25, -0.2) is 13.2 Å². The van der Waals surface area contributed by atoms with Crippen LogP contribution < -0.4 is 5.32 Å². The van der Waals surface area contributed by atoms with E-state index in [0.29, 0.717) is 5.56 Å². The number of aromatic amines is 1. The first-order valence-electron chi connectivity index (χ1n) is 8.25. The summed E-state index contributed by atoms with van der Waals surface area (Å²) in [6, 6.07) is 9.06. The maximum absolute atomic E-state index is 13.6. The second-order valence-electron chi connectivity index (χ2n) is 6.37. The van der Waals surface area contributed by atoms with Crippen LogP contribution in [0.1, 0.15) is 10.4 Å². The number of aromatic nitrogens is 1. The molecular weight excluding hydrogens is 359 g/mol. The number of nitrogens with zero attached hydrogens (tertiary/aromatic N) is 1. The van der Waals surface area contributed by atoms with Gasteiger partial charge in [-0.05, 0) is 18.2 Å². The Morgan fingerprint density at radius 3 is 2.56 bits per heavy atom. The predicted octanol–water partition coefficient (Wildman–Crippen LogP) is 3.30. The number of hydrogen-bond donors (Lipinski definition) is 2. The maximum atomic E-state index is 13.6. The molecule has 2 aromatic carbocycles. The second-order valence-corrected chi connectivity index (χ2v) is 6.37. The van der Waals surface area contributed by atoms with E-state index in [9.17, 15) is 22.8 Å². The average molecular weight is 373 g/mol. The van der Waals surface area contributed by atoms with Gasteiger partial charge in [0, 0.05) is 30.2 Å². The molecule has 0 bridgehead atoms. The molecule has 0 spiro atoms. The van der Waals surface area contributed by atoms with Gasteiger partial charge in [0.25, 0.3) is 5.91 Å². The van der Waals surface area contributed by atoms with Crippen LogP contribution in [0, 0.1) is 23.4 Å². The Morgan fingerprint density at radius 1 is 1.04 bits per heavy atom. The Kier molecular flexibility index (Phi) is 4.10. The van der Waals surface area contributed by atoms with E-state index in [4.69, 9.17) is 0 Å². The van der Waals surface area contributed by atoms with Crippen molar-refractivity contribution in [3.63, 3.8) is 0 Å². The SMILES string of the molecule is O=C(Nc1ccc(F)c(F)c1F)C1CN(C(=O)c2c[nH]c3ccccc23)C1. The largest absolute Gasteiger partial charge is 0.360 e. The Labute approximate surface area is 151 Å². The molecule has 0 saturated carbocycles. The van der Waals surface area contributed by atoms with Gasteiger partial charge in [0.2, 0.25) is 5.91 Å². The van der Waals surface area contributed by atoms with E-state index in [1.54, 1.807) is 6.20 Å². The fraction of sp³-hybridized carbons (Fsp3) is 0.158. The highest BCUT2D eigenvalue weighted by molar-refractivity contribution is 6.07. The number of likely N-dealkylation sites (tertiary alicyclic amines) is 1. The molecule has 3 aromatic rings. The maximum Gasteiger partial charge on any atom is 0.256 e. The number of halogens is 3. The summed E-state index contributed by atoms with van der Waals surface area (Å²) < 4.78 is 39.8. The first-order chi connectivity index (χ1) is 13.0. The van der Waals surface area contributed by atoms with Crippen LogP contribution >= 0.6 is 0 Å². The number of amides is 2. The molecule has 1 fully saturated rings. The number of carbonyl (C=O) groups excluding carboxylic acids is 2. The molecule has 0 radical (unpaired) electrons. The van der Waals surface area contributed by atoms with Crippen molar-refractivity contribution in [2.45, 2.75) is 0 Å². The molecule has 2 N–H and O–H groups in total. The molecule has 2 amide bonds. The summed E-state index contributed by atoms with van der Waals surface area (Å²) in [5.41, 5.74) is 0.917. The number of fused-ring (bicyclic) bond motifs is 1. The molecule has 1 aromatic heterocycles. The highest BCUT2D eigenvalue weighted by Gasteiger charge is 2.37. The third-order valence-corrected chi connectivity index (χ3v) is 4.65. The summed E-state index contributed by atoms with van der Waals surface area (Å²) in [5, 5.41) is 3.03. The Bertz CT molecular complexity index is 1060. The number of nitrogens with one attached hydrogen (secondary N) is 2. The zero-order chi connectivity index (χ0) is 19.1. The number of hydrogen-bond acceptors (Lipinski definition) is 2. The van der Waals surface area contributed by atoms with Crippen LogP contribution in [-0.2, 0) is 4.79 Å². The van der Waals surface area contributed by atoms with Crippen LogP contribution in [-0.4, -0.2) is 34.8 Å². The van der Waals surface area contributed by atoms with E-state index < -0.39 is 35.0 Å². The zero-order valence-electron chi connectivity index (χ0n) is 13.9. The van der Waals surface area contributed by atoms with Crippen molar-refractivity contribution < 1.29 is 22.8 Å². The molecule has 0 unspecified atom stereocenters. The zero-order valence-corrected chi connectivity index (χ0v) is 13.9. The number of benzene rings is 2. The number of para-hydroxylation sites is 1. The molecule has 2 heterocycles. The lowest BCUT2D eigenvalue weighted by Gasteiger charge is -2.38. The van der Waals surface area contributed by atoms with E-state index >= 15 is 0 Å². The van der Waals surface area contributed by atoms with Crippen molar-refractivity contribution in [2.24, 2.45) is 5.92 Å². The van der Waals surface area contributed by atoms with Gasteiger partial charge >= 0.3 is 0 Å². The monoisotopic (exact) mass is 373 g/mol. The van der Waals surface area contributed by atoms with Crippen LogP contribution in [0.3, 0.4) is 0 Å². The topological polar surface area (TPSA) is 65.2 Å². The van der Waals surface area contributed by atoms with Crippen LogP contribution in [0.5, 0.6) is 0 Å². The molecule has 27 heavy (non-hydrogen) atoms. The number of anilines is 1. The molecule has 1 saturated heterocycles. The lowest BCUT2D eigenvalue weighted by molar-refractivity contribution is -0.123. The molecule has 0 aliphatic carbocycles. The standard InChI is InChI=1S/C19H14F3N3O2/c20-13-5-6-15(17(22)16(13)21)24-18(26)10-8-25(9-10)19(27)12-7-23-14-4-2-1-3-11(12)14/h1-7,10,23H,8-9H2,(H,24,26). The van der Waals surface area contributed by atoms with E-state index in [2.05, 4.69) is 10.3 Å². The first kappa shape index (κ1) is 17.1. The molecule has 0 atom stereocenters. The van der Waals surface area contributed by atoms with Crippen molar-refractivity contribution in [1.29, 1.82) is 0 Å². The quantitative estimate of drug-likeness (QED) is 0.692. The van der Waals surface area contributed by atoms with E-state index in [0.717, 1.165) is 23.0 Å². The summed E-state index contributed by atoms with van der Waals surface area (Å²) in [6.45, 7) is 0.324. The summed E-state index contributed by atoms with van der Waals surface area (Å²) in [6.07, 6.45) is 1.62. The van der Waals surface area contributed by atoms with Crippen LogP contribution in [0.25, 0.3) is 10.9 Å². The summed E-state index contributed by atoms with van der Waals surface area (Å²) in [7, 11) is 0. The van der Waals surface area contributed by atoms with Crippen molar-refractivity contribution in [2.75, 3.05) is 18.4 Å². The first-order valence-corrected chi connectivity index (χ1v) is 8.25. The highest BCUT2D eigenvalue weighted by atomic mass is 19.2. The lowest BCUT2D eigenvalue weighted by Crippen LogP contribution is -2.54. The molecule has 138 valence electrons. The lowest BCUT2D eigenvalue weighted by atomic mass is 9.97. The van der Waals surface area contributed by atoms with Crippen molar-refractivity contribution in [1.82, 2.24) is 9.88 Å². The van der Waals surface area contributed by atoms with Crippen LogP contribution in [0.2, 0.25) is 0 Å². The Morgan fingerprint density at radius 2 is 1.78 bits per heavy atom. The van der Waals surface area contributed by atoms with Gasteiger partial charge in [-0.3, -0.25) is 9.59 Å². The molecule has 4 rings (SSSR count). The van der Waals surface area contributed by atoms with Gasteiger partial charge in [-0.2, -0.15) is 0 Å². The summed E-state index contributed by atoms with van der Waals surface area (Å²) in [5.74, 6) is -5.73. The van der Waals surface area contributed by atoms with Crippen LogP contribution in [0.15, 0.2) is 42.6 Å². The van der Waals surface area contributed by atoms with Crippen molar-refractivity contribution >= 4 is 28.4 Å². The third kappa shape index (κ3) is 2.92. The second kappa shape index (κ2) is 6.46. The van der Waals surface area contributed by atoms with Gasteiger partial charge < -0.3 is 15.2 Å². The molecule has 1 aliphatic heterocycles. The molecule has 5 nitrogen and oxygen atoms in total. The van der Waals surface area contributed by atoms with E-state index in [-0.39, 0.29) is 19.0 Å². The highest BCUT2D eigenvalue weighted by Crippen LogP contribution is 2.26. The average Bonchev–Trinajstić information content (AvgIpc) is 3.05. The van der Waals surface area contributed by atoms with Gasteiger partial charge in [0.05, 0.1) is 17.2 Å². The van der Waals surface area contributed by atoms with Gasteiger partial charge in [0.1, 0.15) is 0 Å².